The first-order valence-corrected chi connectivity index (χ1v) is 8.43. The molecule has 1 N–H and O–H groups in total. The maximum absolute atomic E-state index is 12.7. The molecule has 2 aromatic heterocycles. The Labute approximate surface area is 154 Å². The van der Waals surface area contributed by atoms with Gasteiger partial charge in [0.15, 0.2) is 0 Å². The van der Waals surface area contributed by atoms with E-state index in [0.717, 1.165) is 5.69 Å². The quantitative estimate of drug-likeness (QED) is 0.742. The van der Waals surface area contributed by atoms with Gasteiger partial charge in [-0.3, -0.25) is 9.59 Å². The summed E-state index contributed by atoms with van der Waals surface area (Å²) in [6, 6.07) is 8.17. The highest BCUT2D eigenvalue weighted by molar-refractivity contribution is 6.35. The fourth-order valence-electron chi connectivity index (χ4n) is 2.55. The normalized spacial score (nSPS) is 10.9. The molecular weight excluding hydrogens is 361 g/mol. The molecule has 0 aliphatic carbocycles. The van der Waals surface area contributed by atoms with E-state index in [2.05, 4.69) is 10.3 Å². The number of aryl methyl sites for hydroxylation is 2. The van der Waals surface area contributed by atoms with Gasteiger partial charge >= 0.3 is 0 Å². The summed E-state index contributed by atoms with van der Waals surface area (Å²) in [6.45, 7) is 4.35. The third kappa shape index (κ3) is 3.38. The van der Waals surface area contributed by atoms with E-state index in [-0.39, 0.29) is 11.0 Å². The fraction of sp³-hybridized carbons (Fsp3) is 0.167. The predicted molar refractivity (Wildman–Crippen MR) is 101 cm³/mol. The zero-order valence-electron chi connectivity index (χ0n) is 13.6. The Morgan fingerprint density at radius 2 is 2.00 bits per heavy atom. The van der Waals surface area contributed by atoms with Crippen LogP contribution in [0.4, 0.5) is 5.69 Å². The van der Waals surface area contributed by atoms with Crippen molar-refractivity contribution in [2.45, 2.75) is 20.4 Å². The topological polar surface area (TPSA) is 64.0 Å². The average molecular weight is 376 g/mol. The van der Waals surface area contributed by atoms with Crippen LogP contribution in [-0.4, -0.2) is 15.5 Å². The summed E-state index contributed by atoms with van der Waals surface area (Å²) in [5, 5.41) is 3.82. The van der Waals surface area contributed by atoms with Gasteiger partial charge < -0.3 is 9.88 Å². The van der Waals surface area contributed by atoms with Crippen LogP contribution < -0.4 is 10.7 Å². The van der Waals surface area contributed by atoms with Gasteiger partial charge in [-0.15, -0.1) is 0 Å². The molecule has 2 heterocycles. The SMILES string of the molecule is CCn1cc(C(=O)Nc2cc(Cl)ccc2Cl)c(=O)c2ccc(C)nc21. The van der Waals surface area contributed by atoms with Crippen molar-refractivity contribution in [2.24, 2.45) is 0 Å². The molecule has 1 aromatic carbocycles. The smallest absolute Gasteiger partial charge is 0.261 e. The Bertz CT molecular complexity index is 1040. The number of pyridine rings is 2. The summed E-state index contributed by atoms with van der Waals surface area (Å²) in [7, 11) is 0. The molecule has 0 fully saturated rings. The number of carbonyl (C=O) groups excluding carboxylic acids is 1. The molecule has 25 heavy (non-hydrogen) atoms. The zero-order chi connectivity index (χ0) is 18.1. The molecule has 0 unspecified atom stereocenters. The Morgan fingerprint density at radius 3 is 2.72 bits per heavy atom. The lowest BCUT2D eigenvalue weighted by Gasteiger charge is -2.12. The molecular formula is C18H15Cl2N3O2. The number of rotatable bonds is 3. The van der Waals surface area contributed by atoms with Gasteiger partial charge in [0.1, 0.15) is 11.2 Å². The van der Waals surface area contributed by atoms with Crippen molar-refractivity contribution in [3.8, 4) is 0 Å². The summed E-state index contributed by atoms with van der Waals surface area (Å²) in [5.74, 6) is -0.543. The highest BCUT2D eigenvalue weighted by atomic mass is 35.5. The van der Waals surface area contributed by atoms with E-state index in [0.29, 0.717) is 33.3 Å². The monoisotopic (exact) mass is 375 g/mol. The first kappa shape index (κ1) is 17.5. The van der Waals surface area contributed by atoms with E-state index in [1.807, 2.05) is 13.8 Å². The number of halogens is 2. The Morgan fingerprint density at radius 1 is 1.24 bits per heavy atom. The van der Waals surface area contributed by atoms with E-state index in [4.69, 9.17) is 23.2 Å². The maximum Gasteiger partial charge on any atom is 0.261 e. The highest BCUT2D eigenvalue weighted by Crippen LogP contribution is 2.25. The van der Waals surface area contributed by atoms with Gasteiger partial charge in [-0.25, -0.2) is 4.98 Å². The Hall–Kier alpha value is -2.37. The van der Waals surface area contributed by atoms with Crippen molar-refractivity contribution in [1.29, 1.82) is 0 Å². The van der Waals surface area contributed by atoms with Gasteiger partial charge in [-0.05, 0) is 44.2 Å². The second kappa shape index (κ2) is 6.86. The second-order valence-corrected chi connectivity index (χ2v) is 6.40. The van der Waals surface area contributed by atoms with Crippen molar-refractivity contribution >= 4 is 45.8 Å². The summed E-state index contributed by atoms with van der Waals surface area (Å²) in [5.41, 5.74) is 1.37. The van der Waals surface area contributed by atoms with E-state index in [9.17, 15) is 9.59 Å². The highest BCUT2D eigenvalue weighted by Gasteiger charge is 2.17. The number of aromatic nitrogens is 2. The van der Waals surface area contributed by atoms with E-state index < -0.39 is 5.91 Å². The number of nitrogens with zero attached hydrogens (tertiary/aromatic N) is 2. The van der Waals surface area contributed by atoms with Crippen molar-refractivity contribution in [1.82, 2.24) is 9.55 Å². The molecule has 3 aromatic rings. The molecule has 7 heteroatoms. The van der Waals surface area contributed by atoms with Crippen LogP contribution in [0, 0.1) is 6.92 Å². The zero-order valence-corrected chi connectivity index (χ0v) is 15.1. The summed E-state index contributed by atoms with van der Waals surface area (Å²) in [6.07, 6.45) is 1.52. The molecule has 5 nitrogen and oxygen atoms in total. The lowest BCUT2D eigenvalue weighted by atomic mass is 10.1. The number of anilines is 1. The number of benzene rings is 1. The first-order valence-electron chi connectivity index (χ1n) is 7.68. The molecule has 0 spiro atoms. The second-order valence-electron chi connectivity index (χ2n) is 5.56. The van der Waals surface area contributed by atoms with E-state index >= 15 is 0 Å². The molecule has 0 radical (unpaired) electrons. The number of fused-ring (bicyclic) bond motifs is 1. The Balaban J connectivity index is 2.10. The molecule has 0 saturated carbocycles. The van der Waals surface area contributed by atoms with Crippen LogP contribution in [0.2, 0.25) is 10.0 Å². The standard InChI is InChI=1S/C18H15Cl2N3O2/c1-3-23-9-13(16(24)12-6-4-10(2)21-17(12)23)18(25)22-15-8-11(19)5-7-14(15)20/h4-9H,3H2,1-2H3,(H,22,25). The van der Waals surface area contributed by atoms with Gasteiger partial charge in [0.25, 0.3) is 5.91 Å². The largest absolute Gasteiger partial charge is 0.332 e. The van der Waals surface area contributed by atoms with E-state index in [1.165, 1.54) is 12.3 Å². The molecule has 0 atom stereocenters. The molecule has 0 aliphatic heterocycles. The Kier molecular flexibility index (Phi) is 4.79. The number of nitrogens with one attached hydrogen (secondary N) is 1. The average Bonchev–Trinajstić information content (AvgIpc) is 2.58. The minimum absolute atomic E-state index is 0.0241. The minimum atomic E-state index is -0.543. The van der Waals surface area contributed by atoms with Crippen molar-refractivity contribution in [3.63, 3.8) is 0 Å². The maximum atomic E-state index is 12.7. The summed E-state index contributed by atoms with van der Waals surface area (Å²) < 4.78 is 1.78. The molecule has 0 bridgehead atoms. The molecule has 0 saturated heterocycles. The van der Waals surface area contributed by atoms with Crippen LogP contribution in [0.3, 0.4) is 0 Å². The van der Waals surface area contributed by atoms with Gasteiger partial charge in [0, 0.05) is 23.5 Å². The lowest BCUT2D eigenvalue weighted by molar-refractivity contribution is 0.102. The number of hydrogen-bond acceptors (Lipinski definition) is 3. The van der Waals surface area contributed by atoms with Gasteiger partial charge in [0.2, 0.25) is 5.43 Å². The molecule has 128 valence electrons. The summed E-state index contributed by atoms with van der Waals surface area (Å²) in [4.78, 5) is 29.8. The third-order valence-corrected chi connectivity index (χ3v) is 4.39. The third-order valence-electron chi connectivity index (χ3n) is 3.82. The van der Waals surface area contributed by atoms with Crippen LogP contribution in [0.1, 0.15) is 23.0 Å². The number of hydrogen-bond donors (Lipinski definition) is 1. The van der Waals surface area contributed by atoms with Crippen LogP contribution in [0.15, 0.2) is 41.3 Å². The lowest BCUT2D eigenvalue weighted by Crippen LogP contribution is -2.24. The van der Waals surface area contributed by atoms with Crippen LogP contribution in [0.25, 0.3) is 11.0 Å². The van der Waals surface area contributed by atoms with Crippen LogP contribution in [0.5, 0.6) is 0 Å². The predicted octanol–water partition coefficient (Wildman–Crippen LogP) is 4.28. The number of amides is 1. The summed E-state index contributed by atoms with van der Waals surface area (Å²) >= 11 is 12.0. The molecule has 1 amide bonds. The van der Waals surface area contributed by atoms with Crippen molar-refractivity contribution < 1.29 is 4.79 Å². The van der Waals surface area contributed by atoms with Crippen LogP contribution >= 0.6 is 23.2 Å². The minimum Gasteiger partial charge on any atom is -0.332 e. The van der Waals surface area contributed by atoms with Gasteiger partial charge in [0.05, 0.1) is 16.1 Å². The van der Waals surface area contributed by atoms with Gasteiger partial charge in [-0.2, -0.15) is 0 Å². The van der Waals surface area contributed by atoms with Crippen molar-refractivity contribution in [2.75, 3.05) is 5.32 Å². The van der Waals surface area contributed by atoms with E-state index in [1.54, 1.807) is 28.8 Å². The molecule has 3 rings (SSSR count). The molecule has 0 aliphatic rings. The van der Waals surface area contributed by atoms with Gasteiger partial charge in [-0.1, -0.05) is 23.2 Å². The first-order chi connectivity index (χ1) is 11.9. The van der Waals surface area contributed by atoms with Crippen molar-refractivity contribution in [3.05, 3.63) is 68.1 Å². The fourth-order valence-corrected chi connectivity index (χ4v) is 2.88. The van der Waals surface area contributed by atoms with Crippen LogP contribution in [-0.2, 0) is 6.54 Å². The number of carbonyl (C=O) groups is 1.